The Hall–Kier alpha value is -1.04. The van der Waals surface area contributed by atoms with Gasteiger partial charge in [0.2, 0.25) is 0 Å². The molecule has 1 aliphatic rings. The van der Waals surface area contributed by atoms with E-state index in [-0.39, 0.29) is 0 Å². The van der Waals surface area contributed by atoms with Crippen molar-refractivity contribution in [1.82, 2.24) is 0 Å². The van der Waals surface area contributed by atoms with E-state index >= 15 is 0 Å². The molecule has 0 atom stereocenters. The van der Waals surface area contributed by atoms with Gasteiger partial charge in [0.25, 0.3) is 0 Å². The number of hydrogen-bond acceptors (Lipinski definition) is 0. The lowest BCUT2D eigenvalue weighted by molar-refractivity contribution is 1.00. The standard InChI is InChI=1S/C12H16/c1-2-4-6-8-10-12-11-9-7-5-3-1/h1-6,11-12H,7-10H2/b2-1-,5-3+,6-4+,12-11?. The summed E-state index contributed by atoms with van der Waals surface area (Å²) < 4.78 is 0. The van der Waals surface area contributed by atoms with E-state index in [1.807, 2.05) is 0 Å². The third-order valence-electron chi connectivity index (χ3n) is 1.77. The summed E-state index contributed by atoms with van der Waals surface area (Å²) in [6, 6.07) is 0. The van der Waals surface area contributed by atoms with Gasteiger partial charge in [0, 0.05) is 0 Å². The highest BCUT2D eigenvalue weighted by atomic mass is 13.9. The summed E-state index contributed by atoms with van der Waals surface area (Å²) in [5.74, 6) is 0. The highest BCUT2D eigenvalue weighted by Gasteiger charge is 1.78. The van der Waals surface area contributed by atoms with E-state index in [1.165, 1.54) is 12.8 Å². The molecule has 0 N–H and O–H groups in total. The molecule has 64 valence electrons. The maximum atomic E-state index is 2.27. The Morgan fingerprint density at radius 2 is 0.833 bits per heavy atom. The molecule has 0 heterocycles. The lowest BCUT2D eigenvalue weighted by Gasteiger charge is -1.89. The summed E-state index contributed by atoms with van der Waals surface area (Å²) in [4.78, 5) is 0. The Bertz CT molecular complexity index is 182. The van der Waals surface area contributed by atoms with Crippen LogP contribution in [0.1, 0.15) is 25.7 Å². The summed E-state index contributed by atoms with van der Waals surface area (Å²) in [6.07, 6.45) is 22.0. The monoisotopic (exact) mass is 160 g/mol. The Morgan fingerprint density at radius 3 is 1.33 bits per heavy atom. The Balaban J connectivity index is 2.42. The fourth-order valence-electron chi connectivity index (χ4n) is 1.10. The Morgan fingerprint density at radius 1 is 0.417 bits per heavy atom. The van der Waals surface area contributed by atoms with Gasteiger partial charge in [-0.05, 0) is 25.7 Å². The van der Waals surface area contributed by atoms with Gasteiger partial charge in [-0.3, -0.25) is 0 Å². The fraction of sp³-hybridized carbons (Fsp3) is 0.333. The van der Waals surface area contributed by atoms with Crippen molar-refractivity contribution in [2.75, 3.05) is 0 Å². The van der Waals surface area contributed by atoms with Crippen molar-refractivity contribution in [3.8, 4) is 0 Å². The third kappa shape index (κ3) is 4.73. The Labute approximate surface area is 75.0 Å². The van der Waals surface area contributed by atoms with Gasteiger partial charge in [0.1, 0.15) is 0 Å². The van der Waals surface area contributed by atoms with Crippen LogP contribution in [0.25, 0.3) is 0 Å². The van der Waals surface area contributed by atoms with Crippen molar-refractivity contribution >= 4 is 0 Å². The molecule has 0 saturated carbocycles. The smallest absolute Gasteiger partial charge is 0.0313 e. The number of hydrogen-bond donors (Lipinski definition) is 0. The quantitative estimate of drug-likeness (QED) is 0.473. The average molecular weight is 160 g/mol. The third-order valence-corrected chi connectivity index (χ3v) is 1.77. The first-order chi connectivity index (χ1) is 6.00. The molecule has 1 rings (SSSR count). The summed E-state index contributed by atoms with van der Waals surface area (Å²) in [5.41, 5.74) is 0. The van der Waals surface area contributed by atoms with Crippen LogP contribution in [0.4, 0.5) is 0 Å². The second kappa shape index (κ2) is 6.66. The van der Waals surface area contributed by atoms with Crippen LogP contribution in [0.3, 0.4) is 0 Å². The van der Waals surface area contributed by atoms with E-state index in [4.69, 9.17) is 0 Å². The average Bonchev–Trinajstić information content (AvgIpc) is 2.05. The lowest BCUT2D eigenvalue weighted by atomic mass is 10.2. The maximum absolute atomic E-state index is 2.27. The van der Waals surface area contributed by atoms with E-state index in [2.05, 4.69) is 48.6 Å². The largest absolute Gasteiger partial charge is 0.0882 e. The minimum atomic E-state index is 1.16. The molecule has 0 radical (unpaired) electrons. The van der Waals surface area contributed by atoms with Crippen LogP contribution in [0, 0.1) is 0 Å². The highest BCUT2D eigenvalue weighted by Crippen LogP contribution is 1.99. The second-order valence-corrected chi connectivity index (χ2v) is 2.87. The van der Waals surface area contributed by atoms with Crippen LogP contribution < -0.4 is 0 Å². The fourth-order valence-corrected chi connectivity index (χ4v) is 1.10. The van der Waals surface area contributed by atoms with E-state index in [9.17, 15) is 0 Å². The van der Waals surface area contributed by atoms with Crippen molar-refractivity contribution in [2.24, 2.45) is 0 Å². The molecule has 0 aromatic carbocycles. The molecule has 0 fully saturated rings. The predicted molar refractivity (Wildman–Crippen MR) is 55.0 cm³/mol. The zero-order valence-corrected chi connectivity index (χ0v) is 7.45. The molecule has 0 saturated heterocycles. The zero-order chi connectivity index (χ0) is 8.49. The van der Waals surface area contributed by atoms with Gasteiger partial charge >= 0.3 is 0 Å². The molecule has 0 aliphatic heterocycles. The summed E-state index contributed by atoms with van der Waals surface area (Å²) in [6.45, 7) is 0. The maximum Gasteiger partial charge on any atom is -0.0313 e. The van der Waals surface area contributed by atoms with Gasteiger partial charge < -0.3 is 0 Å². The molecule has 12 heavy (non-hydrogen) atoms. The highest BCUT2D eigenvalue weighted by molar-refractivity contribution is 5.11. The molecule has 0 heteroatoms. The molecule has 0 amide bonds. The minimum absolute atomic E-state index is 1.16. The molecule has 0 bridgehead atoms. The van der Waals surface area contributed by atoms with Gasteiger partial charge in [-0.2, -0.15) is 0 Å². The van der Waals surface area contributed by atoms with Crippen LogP contribution in [0.2, 0.25) is 0 Å². The first-order valence-electron chi connectivity index (χ1n) is 4.63. The first-order valence-corrected chi connectivity index (χ1v) is 4.63. The predicted octanol–water partition coefficient (Wildman–Crippen LogP) is 3.79. The number of rotatable bonds is 0. The lowest BCUT2D eigenvalue weighted by Crippen LogP contribution is -1.68. The molecule has 1 aliphatic carbocycles. The normalized spacial score (nSPS) is 26.7. The van der Waals surface area contributed by atoms with E-state index in [0.717, 1.165) is 12.8 Å². The number of allylic oxidation sites excluding steroid dienone is 8. The minimum Gasteiger partial charge on any atom is -0.0882 e. The van der Waals surface area contributed by atoms with Crippen molar-refractivity contribution < 1.29 is 0 Å². The van der Waals surface area contributed by atoms with Crippen LogP contribution in [0.15, 0.2) is 48.6 Å². The van der Waals surface area contributed by atoms with E-state index < -0.39 is 0 Å². The summed E-state index contributed by atoms with van der Waals surface area (Å²) >= 11 is 0. The summed E-state index contributed by atoms with van der Waals surface area (Å²) in [7, 11) is 0. The zero-order valence-electron chi connectivity index (χ0n) is 7.45. The molecule has 0 nitrogen and oxygen atoms in total. The molecule has 0 unspecified atom stereocenters. The van der Waals surface area contributed by atoms with Crippen LogP contribution in [0.5, 0.6) is 0 Å². The van der Waals surface area contributed by atoms with Gasteiger partial charge in [-0.1, -0.05) is 48.6 Å². The van der Waals surface area contributed by atoms with Crippen molar-refractivity contribution in [2.45, 2.75) is 25.7 Å². The SMILES string of the molecule is C1=CCC/C=C/C=C\C=C\CC1. The van der Waals surface area contributed by atoms with Crippen LogP contribution >= 0.6 is 0 Å². The molecular formula is C12H16. The van der Waals surface area contributed by atoms with Crippen molar-refractivity contribution in [3.05, 3.63) is 48.6 Å². The van der Waals surface area contributed by atoms with Crippen LogP contribution in [-0.4, -0.2) is 0 Å². The van der Waals surface area contributed by atoms with Gasteiger partial charge in [0.05, 0.1) is 0 Å². The summed E-state index contributed by atoms with van der Waals surface area (Å²) in [5, 5.41) is 0. The first kappa shape index (κ1) is 9.05. The Kier molecular flexibility index (Phi) is 5.02. The van der Waals surface area contributed by atoms with Crippen molar-refractivity contribution in [3.63, 3.8) is 0 Å². The topological polar surface area (TPSA) is 0 Å². The van der Waals surface area contributed by atoms with Gasteiger partial charge in [-0.15, -0.1) is 0 Å². The molecule has 0 aromatic heterocycles. The van der Waals surface area contributed by atoms with Gasteiger partial charge in [0.15, 0.2) is 0 Å². The van der Waals surface area contributed by atoms with Gasteiger partial charge in [-0.25, -0.2) is 0 Å². The van der Waals surface area contributed by atoms with E-state index in [1.54, 1.807) is 0 Å². The molecular weight excluding hydrogens is 144 g/mol. The van der Waals surface area contributed by atoms with Crippen LogP contribution in [-0.2, 0) is 0 Å². The second-order valence-electron chi connectivity index (χ2n) is 2.87. The molecule has 0 spiro atoms. The van der Waals surface area contributed by atoms with E-state index in [0.29, 0.717) is 0 Å². The van der Waals surface area contributed by atoms with Crippen molar-refractivity contribution in [1.29, 1.82) is 0 Å². The molecule has 0 aromatic rings.